The van der Waals surface area contributed by atoms with E-state index in [2.05, 4.69) is 29.0 Å². The molecule has 1 aliphatic rings. The molecule has 112 valence electrons. The second-order valence-corrected chi connectivity index (χ2v) is 5.94. The molecule has 1 aliphatic heterocycles. The van der Waals surface area contributed by atoms with E-state index in [-0.39, 0.29) is 5.91 Å². The van der Waals surface area contributed by atoms with Crippen molar-refractivity contribution < 1.29 is 4.79 Å². The number of hydrogen-bond donors (Lipinski definition) is 1. The second-order valence-electron chi connectivity index (χ2n) is 5.94. The maximum Gasteiger partial charge on any atom is 0.289 e. The SMILES string of the molecule is CN(C)[C@H]1CCCN(C(=O)c2nc3ccccc3[nH]2)CC1. The first-order valence-corrected chi connectivity index (χ1v) is 7.55. The van der Waals surface area contributed by atoms with Gasteiger partial charge in [-0.15, -0.1) is 0 Å². The number of nitrogens with one attached hydrogen (secondary N) is 1. The minimum atomic E-state index is 0.0191. The average molecular weight is 286 g/mol. The van der Waals surface area contributed by atoms with Gasteiger partial charge in [-0.25, -0.2) is 4.98 Å². The van der Waals surface area contributed by atoms with Gasteiger partial charge < -0.3 is 14.8 Å². The van der Waals surface area contributed by atoms with Gasteiger partial charge in [0.15, 0.2) is 5.82 Å². The molecular formula is C16H22N4O. The summed E-state index contributed by atoms with van der Waals surface area (Å²) in [7, 11) is 4.22. The number of hydrogen-bond acceptors (Lipinski definition) is 3. The van der Waals surface area contributed by atoms with Crippen molar-refractivity contribution in [2.24, 2.45) is 0 Å². The molecule has 1 saturated heterocycles. The van der Waals surface area contributed by atoms with Gasteiger partial charge in [0.1, 0.15) is 0 Å². The molecule has 2 heterocycles. The van der Waals surface area contributed by atoms with Gasteiger partial charge in [0.25, 0.3) is 5.91 Å². The summed E-state index contributed by atoms with van der Waals surface area (Å²) in [4.78, 5) is 24.4. The summed E-state index contributed by atoms with van der Waals surface area (Å²) >= 11 is 0. The predicted octanol–water partition coefficient (Wildman–Crippen LogP) is 2.12. The second kappa shape index (κ2) is 5.85. The van der Waals surface area contributed by atoms with Crippen LogP contribution in [-0.4, -0.2) is 58.9 Å². The standard InChI is InChI=1S/C16H22N4O/c1-19(2)12-6-5-10-20(11-9-12)16(21)15-17-13-7-3-4-8-14(13)18-15/h3-4,7-8,12H,5-6,9-11H2,1-2H3,(H,17,18)/t12-/m0/s1. The molecule has 0 radical (unpaired) electrons. The number of aromatic amines is 1. The molecule has 0 aliphatic carbocycles. The predicted molar refractivity (Wildman–Crippen MR) is 83.3 cm³/mol. The van der Waals surface area contributed by atoms with Crippen molar-refractivity contribution in [1.29, 1.82) is 0 Å². The molecule has 1 amide bonds. The van der Waals surface area contributed by atoms with Gasteiger partial charge in [-0.1, -0.05) is 12.1 Å². The Bertz CT molecular complexity index is 601. The lowest BCUT2D eigenvalue weighted by molar-refractivity contribution is 0.0748. The number of nitrogens with zero attached hydrogens (tertiary/aromatic N) is 3. The number of carbonyl (C=O) groups is 1. The number of benzene rings is 1. The Hall–Kier alpha value is -1.88. The highest BCUT2D eigenvalue weighted by molar-refractivity contribution is 5.94. The highest BCUT2D eigenvalue weighted by Gasteiger charge is 2.24. The van der Waals surface area contributed by atoms with Gasteiger partial charge in [-0.05, 0) is 45.5 Å². The third kappa shape index (κ3) is 2.93. The van der Waals surface area contributed by atoms with Crippen molar-refractivity contribution in [3.05, 3.63) is 30.1 Å². The zero-order valence-electron chi connectivity index (χ0n) is 12.7. The quantitative estimate of drug-likeness (QED) is 0.920. The van der Waals surface area contributed by atoms with Gasteiger partial charge >= 0.3 is 0 Å². The fourth-order valence-corrected chi connectivity index (χ4v) is 3.00. The van der Waals surface area contributed by atoms with E-state index in [0.29, 0.717) is 11.9 Å². The Morgan fingerprint density at radius 2 is 2.10 bits per heavy atom. The molecule has 0 saturated carbocycles. The van der Waals surface area contributed by atoms with Gasteiger partial charge in [0, 0.05) is 19.1 Å². The molecule has 5 nitrogen and oxygen atoms in total. The number of likely N-dealkylation sites (tertiary alicyclic amines) is 1. The van der Waals surface area contributed by atoms with Crippen molar-refractivity contribution in [2.75, 3.05) is 27.2 Å². The van der Waals surface area contributed by atoms with Crippen molar-refractivity contribution in [3.8, 4) is 0 Å². The third-order valence-electron chi connectivity index (χ3n) is 4.31. The molecule has 21 heavy (non-hydrogen) atoms. The molecule has 3 rings (SSSR count). The van der Waals surface area contributed by atoms with Crippen molar-refractivity contribution in [1.82, 2.24) is 19.8 Å². The number of para-hydroxylation sites is 2. The number of H-pyrrole nitrogens is 1. The number of aromatic nitrogens is 2. The molecule has 0 spiro atoms. The monoisotopic (exact) mass is 286 g/mol. The molecule has 1 fully saturated rings. The number of imidazole rings is 1. The Morgan fingerprint density at radius 1 is 1.29 bits per heavy atom. The average Bonchev–Trinajstić information content (AvgIpc) is 2.75. The van der Waals surface area contributed by atoms with Crippen LogP contribution in [0.25, 0.3) is 11.0 Å². The largest absolute Gasteiger partial charge is 0.336 e. The Labute approximate surface area is 125 Å². The first-order valence-electron chi connectivity index (χ1n) is 7.55. The van der Waals surface area contributed by atoms with Crippen LogP contribution in [0.1, 0.15) is 29.9 Å². The molecule has 1 atom stereocenters. The van der Waals surface area contributed by atoms with Crippen LogP contribution in [0, 0.1) is 0 Å². The fourth-order valence-electron chi connectivity index (χ4n) is 3.00. The van der Waals surface area contributed by atoms with E-state index in [1.165, 1.54) is 0 Å². The topological polar surface area (TPSA) is 52.2 Å². The van der Waals surface area contributed by atoms with Crippen LogP contribution in [-0.2, 0) is 0 Å². The third-order valence-corrected chi connectivity index (χ3v) is 4.31. The van der Waals surface area contributed by atoms with Gasteiger partial charge in [-0.3, -0.25) is 4.79 Å². The van der Waals surface area contributed by atoms with Crippen LogP contribution in [0.3, 0.4) is 0 Å². The highest BCUT2D eigenvalue weighted by Crippen LogP contribution is 2.17. The maximum absolute atomic E-state index is 12.6. The van der Waals surface area contributed by atoms with Crippen LogP contribution in [0.5, 0.6) is 0 Å². The number of carbonyl (C=O) groups excluding carboxylic acids is 1. The van der Waals surface area contributed by atoms with Crippen molar-refractivity contribution in [3.63, 3.8) is 0 Å². The summed E-state index contributed by atoms with van der Waals surface area (Å²) in [5, 5.41) is 0. The Morgan fingerprint density at radius 3 is 2.86 bits per heavy atom. The van der Waals surface area contributed by atoms with E-state index in [4.69, 9.17) is 0 Å². The van der Waals surface area contributed by atoms with E-state index in [1.807, 2.05) is 29.2 Å². The normalized spacial score (nSPS) is 20.0. The molecule has 0 bridgehead atoms. The van der Waals surface area contributed by atoms with E-state index < -0.39 is 0 Å². The Balaban J connectivity index is 1.75. The van der Waals surface area contributed by atoms with Crippen molar-refractivity contribution >= 4 is 16.9 Å². The molecule has 1 aromatic heterocycles. The summed E-state index contributed by atoms with van der Waals surface area (Å²) in [6.07, 6.45) is 3.23. The Kier molecular flexibility index (Phi) is 3.92. The smallest absolute Gasteiger partial charge is 0.289 e. The first kappa shape index (κ1) is 14.1. The van der Waals surface area contributed by atoms with E-state index in [0.717, 1.165) is 43.4 Å². The van der Waals surface area contributed by atoms with E-state index >= 15 is 0 Å². The van der Waals surface area contributed by atoms with Crippen molar-refractivity contribution in [2.45, 2.75) is 25.3 Å². The summed E-state index contributed by atoms with van der Waals surface area (Å²) in [6, 6.07) is 8.32. The van der Waals surface area contributed by atoms with Crippen LogP contribution in [0.15, 0.2) is 24.3 Å². The first-order chi connectivity index (χ1) is 10.1. The van der Waals surface area contributed by atoms with E-state index in [1.54, 1.807) is 0 Å². The minimum Gasteiger partial charge on any atom is -0.336 e. The highest BCUT2D eigenvalue weighted by atomic mass is 16.2. The lowest BCUT2D eigenvalue weighted by atomic mass is 10.1. The molecule has 2 aromatic rings. The lowest BCUT2D eigenvalue weighted by Crippen LogP contribution is -2.34. The van der Waals surface area contributed by atoms with Gasteiger partial charge in [0.05, 0.1) is 11.0 Å². The fraction of sp³-hybridized carbons (Fsp3) is 0.500. The number of rotatable bonds is 2. The van der Waals surface area contributed by atoms with Crippen LogP contribution in [0.2, 0.25) is 0 Å². The summed E-state index contributed by atoms with van der Waals surface area (Å²) in [6.45, 7) is 1.62. The zero-order valence-corrected chi connectivity index (χ0v) is 12.7. The maximum atomic E-state index is 12.6. The molecule has 1 N–H and O–H groups in total. The molecule has 1 aromatic carbocycles. The minimum absolute atomic E-state index is 0.0191. The molecular weight excluding hydrogens is 264 g/mol. The van der Waals surface area contributed by atoms with Crippen LogP contribution >= 0.6 is 0 Å². The van der Waals surface area contributed by atoms with Crippen LogP contribution in [0.4, 0.5) is 0 Å². The van der Waals surface area contributed by atoms with Crippen LogP contribution < -0.4 is 0 Å². The number of amides is 1. The molecule has 5 heteroatoms. The summed E-state index contributed by atoms with van der Waals surface area (Å²) in [5.74, 6) is 0.477. The molecule has 0 unspecified atom stereocenters. The lowest BCUT2D eigenvalue weighted by Gasteiger charge is -2.23. The number of fused-ring (bicyclic) bond motifs is 1. The summed E-state index contributed by atoms with van der Waals surface area (Å²) < 4.78 is 0. The van der Waals surface area contributed by atoms with Gasteiger partial charge in [0.2, 0.25) is 0 Å². The van der Waals surface area contributed by atoms with E-state index in [9.17, 15) is 4.79 Å². The zero-order chi connectivity index (χ0) is 14.8. The summed E-state index contributed by atoms with van der Waals surface area (Å²) in [5.41, 5.74) is 1.77. The van der Waals surface area contributed by atoms with Gasteiger partial charge in [-0.2, -0.15) is 0 Å².